The van der Waals surface area contributed by atoms with E-state index < -0.39 is 0 Å². The minimum atomic E-state index is 0. The summed E-state index contributed by atoms with van der Waals surface area (Å²) in [5.74, 6) is 1.35. The molecule has 242 valence electrons. The minimum Gasteiger partial charge on any atom is -0.683 e. The maximum absolute atomic E-state index is 10.7. The summed E-state index contributed by atoms with van der Waals surface area (Å²) >= 11 is 0. The van der Waals surface area contributed by atoms with Gasteiger partial charge < -0.3 is 15.7 Å². The van der Waals surface area contributed by atoms with Crippen molar-refractivity contribution >= 4 is 5.69 Å². The second-order valence-corrected chi connectivity index (χ2v) is 12.0. The largest absolute Gasteiger partial charge is 4.00 e. The van der Waals surface area contributed by atoms with Crippen molar-refractivity contribution in [3.8, 4) is 5.75 Å². The van der Waals surface area contributed by atoms with Gasteiger partial charge in [-0.15, -0.1) is 36.5 Å². The topological polar surface area (TPSA) is 46.4 Å². The van der Waals surface area contributed by atoms with Crippen molar-refractivity contribution in [2.45, 2.75) is 52.4 Å². The number of hydrogen-bond donors (Lipinski definition) is 2. The summed E-state index contributed by atoms with van der Waals surface area (Å²) in [5.41, 5.74) is 9.16. The fourth-order valence-electron chi connectivity index (χ4n) is 5.05. The van der Waals surface area contributed by atoms with E-state index >= 15 is 0 Å². The molecule has 0 unspecified atom stereocenters. The number of nitrogens with zero attached hydrogens (tertiary/aromatic N) is 1. The number of nitrogens with one attached hydrogen (secondary N) is 1. The first kappa shape index (κ1) is 39.4. The van der Waals surface area contributed by atoms with Crippen LogP contribution >= 0.6 is 0 Å². The summed E-state index contributed by atoms with van der Waals surface area (Å²) < 4.78 is 0. The van der Waals surface area contributed by atoms with Crippen LogP contribution in [0.3, 0.4) is 0 Å². The van der Waals surface area contributed by atoms with E-state index in [2.05, 4.69) is 77.2 Å². The fourth-order valence-corrected chi connectivity index (χ4v) is 5.05. The Bertz CT molecular complexity index is 1470. The molecule has 4 heteroatoms. The molecule has 0 fully saturated rings. The molecule has 0 heterocycles. The Morgan fingerprint density at radius 2 is 1.06 bits per heavy atom. The van der Waals surface area contributed by atoms with Gasteiger partial charge in [-0.25, -0.2) is 0 Å². The molecule has 3 nitrogen and oxygen atoms in total. The Labute approximate surface area is 303 Å². The van der Waals surface area contributed by atoms with Gasteiger partial charge in [0.25, 0.3) is 0 Å². The monoisotopic (exact) mass is 791 g/mol. The van der Waals surface area contributed by atoms with Crippen molar-refractivity contribution in [3.63, 3.8) is 0 Å². The summed E-state index contributed by atoms with van der Waals surface area (Å²) in [6.45, 7) is 18.8. The van der Waals surface area contributed by atoms with E-state index in [9.17, 15) is 5.11 Å². The number of phenols is 1. The van der Waals surface area contributed by atoms with E-state index in [0.29, 0.717) is 17.6 Å². The third-order valence-corrected chi connectivity index (χ3v) is 7.60. The summed E-state index contributed by atoms with van der Waals surface area (Å²) in [7, 11) is 0. The second-order valence-electron chi connectivity index (χ2n) is 12.0. The van der Waals surface area contributed by atoms with Gasteiger partial charge in [0.15, 0.2) is 0 Å². The average molecular weight is 790 g/mol. The molecule has 0 saturated carbocycles. The van der Waals surface area contributed by atoms with Gasteiger partial charge in [0.1, 0.15) is 5.75 Å². The van der Waals surface area contributed by atoms with Crippen molar-refractivity contribution in [3.05, 3.63) is 186 Å². The number of rotatable bonds is 11. The van der Waals surface area contributed by atoms with Crippen molar-refractivity contribution in [2.24, 2.45) is 0 Å². The van der Waals surface area contributed by atoms with Crippen molar-refractivity contribution in [1.82, 2.24) is 5.32 Å². The van der Waals surface area contributed by atoms with Crippen LogP contribution in [0.5, 0.6) is 5.75 Å². The van der Waals surface area contributed by atoms with Crippen LogP contribution in [-0.2, 0) is 38.7 Å². The molecule has 0 saturated heterocycles. The molecule has 0 amide bonds. The number of hydrogen-bond acceptors (Lipinski definition) is 2. The molecule has 0 spiro atoms. The Morgan fingerprint density at radius 1 is 0.596 bits per heavy atom. The zero-order valence-electron chi connectivity index (χ0n) is 28.6. The molecule has 5 aromatic rings. The Morgan fingerprint density at radius 3 is 1.53 bits per heavy atom. The van der Waals surface area contributed by atoms with Crippen LogP contribution in [-0.4, -0.2) is 24.7 Å². The first-order chi connectivity index (χ1) is 22.3. The molecule has 2 N–H and O–H groups in total. The molecule has 0 bridgehead atoms. The van der Waals surface area contributed by atoms with Gasteiger partial charge in [-0.3, -0.25) is 0 Å². The van der Waals surface area contributed by atoms with Crippen molar-refractivity contribution < 1.29 is 30.9 Å². The van der Waals surface area contributed by atoms with E-state index in [4.69, 9.17) is 5.32 Å². The van der Waals surface area contributed by atoms with Gasteiger partial charge in [-0.05, 0) is 48.0 Å². The third kappa shape index (κ3) is 14.3. The molecular formula is C43H51HfN2O+. The molecule has 0 aliphatic rings. The number of benzene rings is 5. The van der Waals surface area contributed by atoms with E-state index in [1.54, 1.807) is 0 Å². The van der Waals surface area contributed by atoms with Gasteiger partial charge in [0, 0.05) is 6.42 Å². The van der Waals surface area contributed by atoms with Crippen LogP contribution in [0.25, 0.3) is 5.32 Å². The number of para-hydroxylation sites is 2. The molecule has 5 rings (SSSR count). The maximum atomic E-state index is 10.7. The van der Waals surface area contributed by atoms with Crippen LogP contribution in [0.4, 0.5) is 5.69 Å². The van der Waals surface area contributed by atoms with Gasteiger partial charge >= 0.3 is 25.8 Å². The third-order valence-electron chi connectivity index (χ3n) is 7.60. The molecule has 0 aliphatic carbocycles. The smallest absolute Gasteiger partial charge is 0.683 e. The molecule has 0 aromatic heterocycles. The standard InChI is InChI=1S/C29H37N2O.2C7H7.Hf/c1-21(2)26-14-9-15-27(22(3)4)28(26)31-19-18-30-17-16-24-12-8-13-25(29(24)32)20-23-10-6-5-7-11-23;2*1-7-5-3-2-4-6-7;/h5-15,21-22,30,32H,16-20H2,1-4H3;2*2-6H,1H2;/q3*-1;+4. The Hall–Kier alpha value is -3.73. The Balaban J connectivity index is 0.000000419. The van der Waals surface area contributed by atoms with E-state index in [1.807, 2.05) is 97.1 Å². The molecule has 0 atom stereocenters. The van der Waals surface area contributed by atoms with Gasteiger partial charge in [0.2, 0.25) is 0 Å². The number of phenolic OH excluding ortho intramolecular Hbond substituents is 1. The van der Waals surface area contributed by atoms with Crippen LogP contribution in [0.15, 0.2) is 127 Å². The molecule has 5 aromatic carbocycles. The van der Waals surface area contributed by atoms with Crippen LogP contribution in [0.2, 0.25) is 0 Å². The van der Waals surface area contributed by atoms with Crippen LogP contribution in [0.1, 0.15) is 78.5 Å². The zero-order chi connectivity index (χ0) is 33.1. The van der Waals surface area contributed by atoms with E-state index in [0.717, 1.165) is 54.7 Å². The van der Waals surface area contributed by atoms with Crippen molar-refractivity contribution in [1.29, 1.82) is 0 Å². The minimum absolute atomic E-state index is 0. The summed E-state index contributed by atoms with van der Waals surface area (Å²) in [6.07, 6.45) is 1.55. The van der Waals surface area contributed by atoms with Crippen molar-refractivity contribution in [2.75, 3.05) is 19.6 Å². The first-order valence-electron chi connectivity index (χ1n) is 16.3. The molecule has 47 heavy (non-hydrogen) atoms. The quantitative estimate of drug-likeness (QED) is 0.0795. The van der Waals surface area contributed by atoms with E-state index in [-0.39, 0.29) is 25.8 Å². The predicted octanol–water partition coefficient (Wildman–Crippen LogP) is 10.8. The van der Waals surface area contributed by atoms with Crippen LogP contribution in [0, 0.1) is 13.8 Å². The van der Waals surface area contributed by atoms with Gasteiger partial charge in [-0.2, -0.15) is 49.2 Å². The summed E-state index contributed by atoms with van der Waals surface area (Å²) in [4.78, 5) is 0. The second kappa shape index (κ2) is 22.0. The molecule has 0 radical (unpaired) electrons. The normalized spacial score (nSPS) is 10.3. The predicted molar refractivity (Wildman–Crippen MR) is 198 cm³/mol. The fraction of sp³-hybridized carbons (Fsp3) is 0.256. The van der Waals surface area contributed by atoms with Gasteiger partial charge in [-0.1, -0.05) is 118 Å². The summed E-state index contributed by atoms with van der Waals surface area (Å²) in [6, 6.07) is 42.7. The summed E-state index contributed by atoms with van der Waals surface area (Å²) in [5, 5.41) is 19.2. The molecule has 0 aliphatic heterocycles. The average Bonchev–Trinajstić information content (AvgIpc) is 3.06. The van der Waals surface area contributed by atoms with Crippen LogP contribution < -0.4 is 5.32 Å². The van der Waals surface area contributed by atoms with E-state index in [1.165, 1.54) is 22.4 Å². The first-order valence-corrected chi connectivity index (χ1v) is 16.3. The SMILES string of the molecule is CC(C)c1cccc(C(C)C)c1[N-]CCNCCc1cccc(Cc2ccccc2)c1O.[CH2-]c1ccccc1.[CH2-]c1ccccc1.[Hf+4]. The number of aromatic hydroxyl groups is 1. The maximum Gasteiger partial charge on any atom is 4.00 e. The Kier molecular flexibility index (Phi) is 18.4. The zero-order valence-corrected chi connectivity index (χ0v) is 32.2. The van der Waals surface area contributed by atoms with Gasteiger partial charge in [0.05, 0.1) is 0 Å². The molecular weight excluding hydrogens is 739 g/mol.